The lowest BCUT2D eigenvalue weighted by molar-refractivity contribution is -0.0232. The minimum absolute atomic E-state index is 0.0203. The standard InChI is InChI=1S/C20H24N4O3/c1-20(2)12-24(17(20)18-21-9-10-23(18)3)19(25)22-11-15-16(26-4)13-7-5-6-8-14(13)27-15/h5-10,17H,11-12H2,1-4H3,(H,22,25). The first-order valence-corrected chi connectivity index (χ1v) is 8.98. The highest BCUT2D eigenvalue weighted by Crippen LogP contribution is 2.47. The molecule has 0 bridgehead atoms. The van der Waals surface area contributed by atoms with E-state index in [1.165, 1.54) is 0 Å². The number of carbonyl (C=O) groups is 1. The molecule has 2 amide bonds. The van der Waals surface area contributed by atoms with Crippen LogP contribution in [0.1, 0.15) is 31.5 Å². The zero-order valence-corrected chi connectivity index (χ0v) is 16.0. The Morgan fingerprint density at radius 3 is 2.85 bits per heavy atom. The van der Waals surface area contributed by atoms with Gasteiger partial charge in [-0.25, -0.2) is 9.78 Å². The number of fused-ring (bicyclic) bond motifs is 1. The smallest absolute Gasteiger partial charge is 0.318 e. The molecule has 0 radical (unpaired) electrons. The number of hydrogen-bond donors (Lipinski definition) is 1. The van der Waals surface area contributed by atoms with Crippen LogP contribution in [0.15, 0.2) is 41.1 Å². The highest BCUT2D eigenvalue weighted by Gasteiger charge is 2.50. The molecule has 1 fully saturated rings. The number of ether oxygens (including phenoxy) is 1. The highest BCUT2D eigenvalue weighted by atomic mass is 16.5. The zero-order valence-electron chi connectivity index (χ0n) is 16.0. The lowest BCUT2D eigenvalue weighted by Crippen LogP contribution is -2.60. The summed E-state index contributed by atoms with van der Waals surface area (Å²) in [4.78, 5) is 19.1. The third-order valence-electron chi connectivity index (χ3n) is 5.22. The molecule has 0 aliphatic carbocycles. The predicted molar refractivity (Wildman–Crippen MR) is 101 cm³/mol. The van der Waals surface area contributed by atoms with Crippen LogP contribution >= 0.6 is 0 Å². The summed E-state index contributed by atoms with van der Waals surface area (Å²) in [5.74, 6) is 2.17. The molecule has 7 heteroatoms. The van der Waals surface area contributed by atoms with Crippen LogP contribution in [0.25, 0.3) is 11.0 Å². The molecule has 1 unspecified atom stereocenters. The molecule has 1 aliphatic heterocycles. The second-order valence-electron chi connectivity index (χ2n) is 7.63. The van der Waals surface area contributed by atoms with Gasteiger partial charge in [-0.15, -0.1) is 0 Å². The number of imidazole rings is 1. The van der Waals surface area contributed by atoms with Crippen molar-refractivity contribution in [3.63, 3.8) is 0 Å². The number of amides is 2. The molecule has 1 atom stereocenters. The molecule has 1 saturated heterocycles. The third-order valence-corrected chi connectivity index (χ3v) is 5.22. The van der Waals surface area contributed by atoms with Gasteiger partial charge >= 0.3 is 6.03 Å². The lowest BCUT2D eigenvalue weighted by atomic mass is 9.74. The first kappa shape index (κ1) is 17.5. The summed E-state index contributed by atoms with van der Waals surface area (Å²) in [7, 11) is 3.56. The number of likely N-dealkylation sites (tertiary alicyclic amines) is 1. The molecule has 142 valence electrons. The van der Waals surface area contributed by atoms with Crippen LogP contribution in [0.3, 0.4) is 0 Å². The van der Waals surface area contributed by atoms with Crippen LogP contribution in [-0.4, -0.2) is 34.1 Å². The second kappa shape index (κ2) is 6.33. The molecule has 4 rings (SSSR count). The van der Waals surface area contributed by atoms with Crippen molar-refractivity contribution in [2.24, 2.45) is 12.5 Å². The van der Waals surface area contributed by atoms with E-state index in [0.717, 1.165) is 16.8 Å². The van der Waals surface area contributed by atoms with Crippen LogP contribution in [0.2, 0.25) is 0 Å². The number of nitrogens with zero attached hydrogens (tertiary/aromatic N) is 3. The summed E-state index contributed by atoms with van der Waals surface area (Å²) >= 11 is 0. The van der Waals surface area contributed by atoms with E-state index in [9.17, 15) is 4.79 Å². The van der Waals surface area contributed by atoms with Crippen molar-refractivity contribution in [2.45, 2.75) is 26.4 Å². The van der Waals surface area contributed by atoms with E-state index in [2.05, 4.69) is 24.1 Å². The van der Waals surface area contributed by atoms with E-state index < -0.39 is 0 Å². The maximum Gasteiger partial charge on any atom is 0.318 e. The van der Waals surface area contributed by atoms with Crippen molar-refractivity contribution < 1.29 is 13.9 Å². The Morgan fingerprint density at radius 1 is 1.41 bits per heavy atom. The summed E-state index contributed by atoms with van der Waals surface area (Å²) in [6.07, 6.45) is 3.66. The van der Waals surface area contributed by atoms with Crippen LogP contribution in [0, 0.1) is 5.41 Å². The molecule has 2 aromatic heterocycles. The van der Waals surface area contributed by atoms with E-state index in [1.807, 2.05) is 47.0 Å². The van der Waals surface area contributed by atoms with Crippen LogP contribution in [0.4, 0.5) is 4.79 Å². The quantitative estimate of drug-likeness (QED) is 0.765. The summed E-state index contributed by atoms with van der Waals surface area (Å²) in [6, 6.07) is 7.48. The third kappa shape index (κ3) is 2.83. The van der Waals surface area contributed by atoms with Crippen molar-refractivity contribution >= 4 is 17.0 Å². The number of carbonyl (C=O) groups excluding carboxylic acids is 1. The van der Waals surface area contributed by atoms with E-state index in [1.54, 1.807) is 13.3 Å². The normalized spacial score (nSPS) is 18.4. The molecule has 0 spiro atoms. The molecular formula is C20H24N4O3. The number of para-hydroxylation sites is 1. The molecule has 7 nitrogen and oxygen atoms in total. The Bertz CT molecular complexity index is 988. The Balaban J connectivity index is 1.51. The highest BCUT2D eigenvalue weighted by molar-refractivity contribution is 5.85. The largest absolute Gasteiger partial charge is 0.492 e. The van der Waals surface area contributed by atoms with Gasteiger partial charge in [0.25, 0.3) is 0 Å². The number of aryl methyl sites for hydroxylation is 1. The van der Waals surface area contributed by atoms with Crippen molar-refractivity contribution in [3.05, 3.63) is 48.2 Å². The molecule has 27 heavy (non-hydrogen) atoms. The first-order chi connectivity index (χ1) is 12.9. The number of nitrogens with one attached hydrogen (secondary N) is 1. The first-order valence-electron chi connectivity index (χ1n) is 8.98. The van der Waals surface area contributed by atoms with Crippen molar-refractivity contribution in [2.75, 3.05) is 13.7 Å². The second-order valence-corrected chi connectivity index (χ2v) is 7.63. The fraction of sp³-hybridized carbons (Fsp3) is 0.400. The maximum atomic E-state index is 12.8. The van der Waals surface area contributed by atoms with Gasteiger partial charge in [-0.2, -0.15) is 0 Å². The molecule has 3 aromatic rings. The number of rotatable bonds is 4. The average Bonchev–Trinajstić information content (AvgIpc) is 3.21. The van der Waals surface area contributed by atoms with Gasteiger partial charge in [-0.1, -0.05) is 26.0 Å². The summed E-state index contributed by atoms with van der Waals surface area (Å²) in [5.41, 5.74) is 0.725. The van der Waals surface area contributed by atoms with Crippen molar-refractivity contribution in [1.29, 1.82) is 0 Å². The van der Waals surface area contributed by atoms with E-state index >= 15 is 0 Å². The molecular weight excluding hydrogens is 344 g/mol. The number of hydrogen-bond acceptors (Lipinski definition) is 4. The molecule has 3 heterocycles. The summed E-state index contributed by atoms with van der Waals surface area (Å²) in [6.45, 7) is 5.24. The molecule has 1 N–H and O–H groups in total. The number of aromatic nitrogens is 2. The lowest BCUT2D eigenvalue weighted by Gasteiger charge is -2.53. The molecule has 0 saturated carbocycles. The number of methoxy groups -OCH3 is 1. The average molecular weight is 368 g/mol. The zero-order chi connectivity index (χ0) is 19.2. The van der Waals surface area contributed by atoms with Crippen LogP contribution < -0.4 is 10.1 Å². The fourth-order valence-corrected chi connectivity index (χ4v) is 3.91. The van der Waals surface area contributed by atoms with Crippen molar-refractivity contribution in [1.82, 2.24) is 19.8 Å². The number of furan rings is 1. The summed E-state index contributed by atoms with van der Waals surface area (Å²) < 4.78 is 13.3. The molecule has 1 aromatic carbocycles. The number of urea groups is 1. The van der Waals surface area contributed by atoms with Gasteiger partial charge in [0, 0.05) is 31.4 Å². The Hall–Kier alpha value is -2.96. The minimum Gasteiger partial charge on any atom is -0.492 e. The fourth-order valence-electron chi connectivity index (χ4n) is 3.91. The van der Waals surface area contributed by atoms with E-state index in [0.29, 0.717) is 18.1 Å². The van der Waals surface area contributed by atoms with E-state index in [-0.39, 0.29) is 24.0 Å². The van der Waals surface area contributed by atoms with Gasteiger partial charge in [-0.3, -0.25) is 0 Å². The van der Waals surface area contributed by atoms with Crippen LogP contribution in [-0.2, 0) is 13.6 Å². The van der Waals surface area contributed by atoms with Gasteiger partial charge in [0.15, 0.2) is 11.5 Å². The van der Waals surface area contributed by atoms with Gasteiger partial charge in [0.05, 0.1) is 25.1 Å². The Kier molecular flexibility index (Phi) is 4.09. The van der Waals surface area contributed by atoms with E-state index in [4.69, 9.17) is 9.15 Å². The van der Waals surface area contributed by atoms with Gasteiger partial charge < -0.3 is 23.9 Å². The SMILES string of the molecule is COc1c(CNC(=O)N2CC(C)(C)C2c2nccn2C)oc2ccccc12. The Labute approximate surface area is 157 Å². The maximum absolute atomic E-state index is 12.8. The minimum atomic E-state index is -0.134. The predicted octanol–water partition coefficient (Wildman–Crippen LogP) is 3.47. The summed E-state index contributed by atoms with van der Waals surface area (Å²) in [5, 5.41) is 3.86. The topological polar surface area (TPSA) is 72.5 Å². The van der Waals surface area contributed by atoms with Crippen LogP contribution in [0.5, 0.6) is 5.75 Å². The Morgan fingerprint density at radius 2 is 2.19 bits per heavy atom. The monoisotopic (exact) mass is 368 g/mol. The van der Waals surface area contributed by atoms with Gasteiger partial charge in [0.1, 0.15) is 11.4 Å². The van der Waals surface area contributed by atoms with Gasteiger partial charge in [-0.05, 0) is 12.1 Å². The van der Waals surface area contributed by atoms with Gasteiger partial charge in [0.2, 0.25) is 0 Å². The van der Waals surface area contributed by atoms with Crippen molar-refractivity contribution in [3.8, 4) is 5.75 Å². The number of benzene rings is 1. The molecule has 1 aliphatic rings.